The van der Waals surface area contributed by atoms with Crippen LogP contribution in [0.2, 0.25) is 0 Å². The Morgan fingerprint density at radius 3 is 2.81 bits per heavy atom. The summed E-state index contributed by atoms with van der Waals surface area (Å²) in [4.78, 5) is 14.9. The molecule has 1 aliphatic heterocycles. The fourth-order valence-electron chi connectivity index (χ4n) is 3.64. The van der Waals surface area contributed by atoms with Crippen LogP contribution in [0.25, 0.3) is 0 Å². The highest BCUT2D eigenvalue weighted by atomic mass is 16.5. The third kappa shape index (κ3) is 4.57. The Bertz CT molecular complexity index is 744. The molecular formula is C22H28N2O2. The fourth-order valence-corrected chi connectivity index (χ4v) is 3.64. The average Bonchev–Trinajstić information content (AvgIpc) is 2.92. The van der Waals surface area contributed by atoms with Crippen LogP contribution in [0.1, 0.15) is 48.4 Å². The van der Waals surface area contributed by atoms with Crippen LogP contribution in [0.5, 0.6) is 5.75 Å². The lowest BCUT2D eigenvalue weighted by Crippen LogP contribution is -2.41. The van der Waals surface area contributed by atoms with Gasteiger partial charge in [0.25, 0.3) is 0 Å². The normalized spacial score (nSPS) is 17.5. The molecule has 0 unspecified atom stereocenters. The number of hydrogen-bond donors (Lipinski definition) is 1. The first-order valence-corrected chi connectivity index (χ1v) is 9.41. The lowest BCUT2D eigenvalue weighted by Gasteiger charge is -2.31. The van der Waals surface area contributed by atoms with Gasteiger partial charge in [0.2, 0.25) is 0 Å². The van der Waals surface area contributed by atoms with Crippen molar-refractivity contribution in [3.8, 4) is 5.75 Å². The van der Waals surface area contributed by atoms with Gasteiger partial charge in [0, 0.05) is 13.1 Å². The number of carbonyl (C=O) groups excluding carboxylic acids is 1. The zero-order valence-corrected chi connectivity index (χ0v) is 15.7. The largest absolute Gasteiger partial charge is 0.497 e. The zero-order valence-electron chi connectivity index (χ0n) is 15.7. The standard InChI is InChI=1S/C22H28N2O2/c1-17-8-6-10-19(14-17)21-12-4-3-5-13-24(21)22(25)23-16-18-9-7-11-20(15-18)26-2/h6-11,14-15,21H,3-5,12-13,16H2,1-2H3,(H,23,25)/t21-/m1/s1. The predicted octanol–water partition coefficient (Wildman–Crippen LogP) is 4.83. The van der Waals surface area contributed by atoms with Gasteiger partial charge in [-0.25, -0.2) is 4.79 Å². The first-order chi connectivity index (χ1) is 12.7. The van der Waals surface area contributed by atoms with E-state index >= 15 is 0 Å². The van der Waals surface area contributed by atoms with Crippen LogP contribution in [-0.4, -0.2) is 24.6 Å². The van der Waals surface area contributed by atoms with Crippen molar-refractivity contribution in [1.82, 2.24) is 10.2 Å². The maximum Gasteiger partial charge on any atom is 0.318 e. The molecule has 4 nitrogen and oxygen atoms in total. The Labute approximate surface area is 156 Å². The number of benzene rings is 2. The monoisotopic (exact) mass is 352 g/mol. The van der Waals surface area contributed by atoms with Crippen molar-refractivity contribution in [3.63, 3.8) is 0 Å². The van der Waals surface area contributed by atoms with Crippen molar-refractivity contribution in [1.29, 1.82) is 0 Å². The molecule has 2 amide bonds. The molecule has 1 saturated heterocycles. The highest BCUT2D eigenvalue weighted by Gasteiger charge is 2.26. The quantitative estimate of drug-likeness (QED) is 0.856. The first kappa shape index (κ1) is 18.3. The molecule has 0 aliphatic carbocycles. The van der Waals surface area contributed by atoms with Crippen molar-refractivity contribution in [2.45, 2.75) is 45.2 Å². The van der Waals surface area contributed by atoms with Crippen LogP contribution >= 0.6 is 0 Å². The van der Waals surface area contributed by atoms with Crippen LogP contribution in [-0.2, 0) is 6.54 Å². The summed E-state index contributed by atoms with van der Waals surface area (Å²) in [5.41, 5.74) is 3.52. The van der Waals surface area contributed by atoms with Crippen LogP contribution < -0.4 is 10.1 Å². The van der Waals surface area contributed by atoms with E-state index in [4.69, 9.17) is 4.74 Å². The lowest BCUT2D eigenvalue weighted by atomic mass is 9.99. The van der Waals surface area contributed by atoms with Gasteiger partial charge in [0.05, 0.1) is 13.2 Å². The second-order valence-electron chi connectivity index (χ2n) is 6.98. The van der Waals surface area contributed by atoms with Crippen LogP contribution in [0.3, 0.4) is 0 Å². The minimum Gasteiger partial charge on any atom is -0.497 e. The number of rotatable bonds is 4. The zero-order chi connectivity index (χ0) is 18.4. The molecule has 0 saturated carbocycles. The molecule has 138 valence electrons. The molecule has 0 radical (unpaired) electrons. The molecule has 0 aromatic heterocycles. The van der Waals surface area contributed by atoms with Crippen molar-refractivity contribution in [3.05, 3.63) is 65.2 Å². The Balaban J connectivity index is 1.71. The van der Waals surface area contributed by atoms with Crippen molar-refractivity contribution < 1.29 is 9.53 Å². The number of nitrogens with zero attached hydrogens (tertiary/aromatic N) is 1. The van der Waals surface area contributed by atoms with E-state index in [0.717, 1.165) is 37.1 Å². The van der Waals surface area contributed by atoms with Gasteiger partial charge in [0.15, 0.2) is 0 Å². The summed E-state index contributed by atoms with van der Waals surface area (Å²) in [6.07, 6.45) is 4.44. The maximum absolute atomic E-state index is 12.9. The molecule has 4 heteroatoms. The smallest absolute Gasteiger partial charge is 0.318 e. The second-order valence-corrected chi connectivity index (χ2v) is 6.98. The number of aryl methyl sites for hydroxylation is 1. The van der Waals surface area contributed by atoms with E-state index in [1.54, 1.807) is 7.11 Å². The van der Waals surface area contributed by atoms with E-state index in [0.29, 0.717) is 6.54 Å². The topological polar surface area (TPSA) is 41.6 Å². The number of nitrogens with one attached hydrogen (secondary N) is 1. The van der Waals surface area contributed by atoms with E-state index in [1.165, 1.54) is 17.5 Å². The Morgan fingerprint density at radius 1 is 1.15 bits per heavy atom. The summed E-state index contributed by atoms with van der Waals surface area (Å²) in [7, 11) is 1.65. The van der Waals surface area contributed by atoms with Crippen molar-refractivity contribution >= 4 is 6.03 Å². The molecule has 2 aromatic carbocycles. The Morgan fingerprint density at radius 2 is 2.00 bits per heavy atom. The summed E-state index contributed by atoms with van der Waals surface area (Å²) >= 11 is 0. The molecule has 1 heterocycles. The lowest BCUT2D eigenvalue weighted by molar-refractivity contribution is 0.175. The van der Waals surface area contributed by atoms with Crippen molar-refractivity contribution in [2.24, 2.45) is 0 Å². The molecule has 2 aromatic rings. The minimum absolute atomic E-state index is 0.0150. The highest BCUT2D eigenvalue weighted by molar-refractivity contribution is 5.74. The van der Waals surface area contributed by atoms with Gasteiger partial charge in [-0.15, -0.1) is 0 Å². The number of urea groups is 1. The average molecular weight is 352 g/mol. The Kier molecular flexibility index (Phi) is 6.16. The van der Waals surface area contributed by atoms with E-state index in [9.17, 15) is 4.79 Å². The number of carbonyl (C=O) groups is 1. The predicted molar refractivity (Wildman–Crippen MR) is 104 cm³/mol. The van der Waals surface area contributed by atoms with Crippen LogP contribution in [0, 0.1) is 6.92 Å². The number of ether oxygens (including phenoxy) is 1. The highest BCUT2D eigenvalue weighted by Crippen LogP contribution is 2.30. The van der Waals surface area contributed by atoms with E-state index < -0.39 is 0 Å². The first-order valence-electron chi connectivity index (χ1n) is 9.41. The van der Waals surface area contributed by atoms with Crippen LogP contribution in [0.4, 0.5) is 4.79 Å². The van der Waals surface area contributed by atoms with E-state index in [-0.39, 0.29) is 12.1 Å². The van der Waals surface area contributed by atoms with E-state index in [2.05, 4.69) is 36.5 Å². The van der Waals surface area contributed by atoms with Gasteiger partial charge in [0.1, 0.15) is 5.75 Å². The molecule has 26 heavy (non-hydrogen) atoms. The minimum atomic E-state index is 0.0150. The number of methoxy groups -OCH3 is 1. The second kappa shape index (κ2) is 8.75. The van der Waals surface area contributed by atoms with Crippen molar-refractivity contribution in [2.75, 3.05) is 13.7 Å². The maximum atomic E-state index is 12.9. The summed E-state index contributed by atoms with van der Waals surface area (Å²) < 4.78 is 5.26. The third-order valence-electron chi connectivity index (χ3n) is 5.02. The summed E-state index contributed by atoms with van der Waals surface area (Å²) in [6, 6.07) is 16.5. The molecule has 0 spiro atoms. The van der Waals surface area contributed by atoms with Crippen LogP contribution in [0.15, 0.2) is 48.5 Å². The molecule has 3 rings (SSSR count). The molecule has 1 N–H and O–H groups in total. The van der Waals surface area contributed by atoms with Gasteiger partial charge in [-0.05, 0) is 43.0 Å². The number of hydrogen-bond acceptors (Lipinski definition) is 2. The molecule has 1 atom stereocenters. The van der Waals surface area contributed by atoms with Gasteiger partial charge < -0.3 is 15.0 Å². The number of likely N-dealkylation sites (tertiary alicyclic amines) is 1. The van der Waals surface area contributed by atoms with Gasteiger partial charge in [-0.3, -0.25) is 0 Å². The van der Waals surface area contributed by atoms with Gasteiger partial charge in [-0.2, -0.15) is 0 Å². The fraction of sp³-hybridized carbons (Fsp3) is 0.409. The SMILES string of the molecule is COc1cccc(CNC(=O)N2CCCCC[C@@H]2c2cccc(C)c2)c1. The summed E-state index contributed by atoms with van der Waals surface area (Å²) in [6.45, 7) is 3.42. The van der Waals surface area contributed by atoms with Gasteiger partial charge in [-0.1, -0.05) is 54.8 Å². The number of amides is 2. The molecule has 1 fully saturated rings. The van der Waals surface area contributed by atoms with Gasteiger partial charge >= 0.3 is 6.03 Å². The third-order valence-corrected chi connectivity index (χ3v) is 5.02. The molecular weight excluding hydrogens is 324 g/mol. The Hall–Kier alpha value is -2.49. The molecule has 0 bridgehead atoms. The van der Waals surface area contributed by atoms with E-state index in [1.807, 2.05) is 29.2 Å². The molecule has 1 aliphatic rings. The summed E-state index contributed by atoms with van der Waals surface area (Å²) in [5, 5.41) is 3.09. The summed E-state index contributed by atoms with van der Waals surface area (Å²) in [5.74, 6) is 0.809.